The Kier molecular flexibility index (Phi) is 8.87. The van der Waals surface area contributed by atoms with E-state index in [1.165, 1.54) is 12.1 Å². The van der Waals surface area contributed by atoms with Gasteiger partial charge in [0.2, 0.25) is 0 Å². The zero-order chi connectivity index (χ0) is 19.6. The summed E-state index contributed by atoms with van der Waals surface area (Å²) >= 11 is 1.64. The van der Waals surface area contributed by atoms with E-state index in [1.807, 2.05) is 16.8 Å². The number of amides is 2. The van der Waals surface area contributed by atoms with E-state index in [0.717, 1.165) is 36.3 Å². The van der Waals surface area contributed by atoms with Crippen LogP contribution in [0.5, 0.6) is 0 Å². The Balaban J connectivity index is 1.64. The van der Waals surface area contributed by atoms with Crippen LogP contribution >= 0.6 is 11.8 Å². The first kappa shape index (κ1) is 21.5. The number of urea groups is 1. The van der Waals surface area contributed by atoms with Gasteiger partial charge in [0, 0.05) is 30.6 Å². The standard InChI is InChI=1S/C19H28FN3O3S/c1-22(14-18(24)25)16-4-2-11-23(12-9-16)19(26)21-10-3-13-27-17-7-5-15(20)6-8-17/h5-8,16H,2-4,9-14H2,1H3,(H,21,26)(H,24,25). The van der Waals surface area contributed by atoms with Crippen LogP contribution in [0.15, 0.2) is 29.2 Å². The lowest BCUT2D eigenvalue weighted by molar-refractivity contribution is -0.138. The third kappa shape index (κ3) is 7.76. The molecule has 0 bridgehead atoms. The molecule has 1 atom stereocenters. The lowest BCUT2D eigenvalue weighted by Crippen LogP contribution is -2.42. The normalized spacial score (nSPS) is 17.6. The molecule has 1 aliphatic rings. The molecular formula is C19H28FN3O3S. The first-order valence-corrected chi connectivity index (χ1v) is 10.3. The fourth-order valence-electron chi connectivity index (χ4n) is 3.17. The highest BCUT2D eigenvalue weighted by molar-refractivity contribution is 7.99. The number of thioether (sulfide) groups is 1. The minimum Gasteiger partial charge on any atom is -0.480 e. The van der Waals surface area contributed by atoms with Crippen molar-refractivity contribution < 1.29 is 19.1 Å². The number of aliphatic carboxylic acids is 1. The van der Waals surface area contributed by atoms with E-state index in [9.17, 15) is 14.0 Å². The van der Waals surface area contributed by atoms with Gasteiger partial charge in [0.25, 0.3) is 0 Å². The van der Waals surface area contributed by atoms with Crippen molar-refractivity contribution in [1.82, 2.24) is 15.1 Å². The molecule has 150 valence electrons. The van der Waals surface area contributed by atoms with Gasteiger partial charge in [0.05, 0.1) is 6.54 Å². The highest BCUT2D eigenvalue weighted by Crippen LogP contribution is 2.19. The summed E-state index contributed by atoms with van der Waals surface area (Å²) in [6.07, 6.45) is 3.41. The molecule has 27 heavy (non-hydrogen) atoms. The Morgan fingerprint density at radius 2 is 2.04 bits per heavy atom. The smallest absolute Gasteiger partial charge is 0.317 e. The van der Waals surface area contributed by atoms with Crippen molar-refractivity contribution in [2.45, 2.75) is 36.6 Å². The second kappa shape index (κ2) is 11.1. The molecule has 0 spiro atoms. The second-order valence-corrected chi connectivity index (χ2v) is 7.94. The molecule has 2 N–H and O–H groups in total. The lowest BCUT2D eigenvalue weighted by atomic mass is 10.1. The second-order valence-electron chi connectivity index (χ2n) is 6.77. The average molecular weight is 398 g/mol. The number of benzene rings is 1. The van der Waals surface area contributed by atoms with Crippen LogP contribution in [-0.4, -0.2) is 71.9 Å². The van der Waals surface area contributed by atoms with Crippen molar-refractivity contribution in [1.29, 1.82) is 0 Å². The minimum absolute atomic E-state index is 0.0303. The number of likely N-dealkylation sites (N-methyl/N-ethyl adjacent to an activating group) is 1. The predicted octanol–water partition coefficient (Wildman–Crippen LogP) is 2.89. The molecule has 0 saturated carbocycles. The topological polar surface area (TPSA) is 72.9 Å². The van der Waals surface area contributed by atoms with Crippen molar-refractivity contribution in [3.63, 3.8) is 0 Å². The predicted molar refractivity (Wildman–Crippen MR) is 105 cm³/mol. The van der Waals surface area contributed by atoms with E-state index in [1.54, 1.807) is 23.9 Å². The molecule has 0 aromatic heterocycles. The monoisotopic (exact) mass is 397 g/mol. The number of carbonyl (C=O) groups excluding carboxylic acids is 1. The fraction of sp³-hybridized carbons (Fsp3) is 0.579. The molecule has 1 heterocycles. The van der Waals surface area contributed by atoms with E-state index >= 15 is 0 Å². The number of carboxylic acids is 1. The summed E-state index contributed by atoms with van der Waals surface area (Å²) in [4.78, 5) is 27.9. The van der Waals surface area contributed by atoms with Crippen LogP contribution in [0.2, 0.25) is 0 Å². The number of halogens is 1. The van der Waals surface area contributed by atoms with E-state index in [0.29, 0.717) is 19.6 Å². The third-order valence-corrected chi connectivity index (χ3v) is 5.77. The highest BCUT2D eigenvalue weighted by atomic mass is 32.2. The molecule has 0 radical (unpaired) electrons. The van der Waals surface area contributed by atoms with E-state index in [4.69, 9.17) is 5.11 Å². The summed E-state index contributed by atoms with van der Waals surface area (Å²) < 4.78 is 12.9. The number of rotatable bonds is 8. The SMILES string of the molecule is CN(CC(=O)O)C1CCCN(C(=O)NCCCSc2ccc(F)cc2)CC1. The number of likely N-dealkylation sites (tertiary alicyclic amines) is 1. The van der Waals surface area contributed by atoms with Crippen molar-refractivity contribution >= 4 is 23.8 Å². The van der Waals surface area contributed by atoms with Crippen LogP contribution < -0.4 is 5.32 Å². The van der Waals surface area contributed by atoms with E-state index < -0.39 is 5.97 Å². The van der Waals surface area contributed by atoms with E-state index in [-0.39, 0.29) is 24.4 Å². The Bertz CT molecular complexity index is 615. The van der Waals surface area contributed by atoms with Gasteiger partial charge in [0.15, 0.2) is 0 Å². The Labute approximate surface area is 164 Å². The van der Waals surface area contributed by atoms with Gasteiger partial charge in [-0.2, -0.15) is 0 Å². The zero-order valence-electron chi connectivity index (χ0n) is 15.7. The Hall–Kier alpha value is -1.80. The lowest BCUT2D eigenvalue weighted by Gasteiger charge is -2.25. The zero-order valence-corrected chi connectivity index (χ0v) is 16.5. The molecule has 1 aromatic carbocycles. The third-order valence-electron chi connectivity index (χ3n) is 4.67. The van der Waals surface area contributed by atoms with Crippen LogP contribution in [0.3, 0.4) is 0 Å². The van der Waals surface area contributed by atoms with Crippen molar-refractivity contribution in [3.8, 4) is 0 Å². The molecule has 1 aromatic rings. The van der Waals surface area contributed by atoms with Crippen LogP contribution in [0.4, 0.5) is 9.18 Å². The minimum atomic E-state index is -0.824. The molecule has 2 amide bonds. The van der Waals surface area contributed by atoms with Crippen molar-refractivity contribution in [2.24, 2.45) is 0 Å². The number of nitrogens with one attached hydrogen (secondary N) is 1. The summed E-state index contributed by atoms with van der Waals surface area (Å²) in [6, 6.07) is 6.56. The number of carbonyl (C=O) groups is 2. The average Bonchev–Trinajstić information content (AvgIpc) is 2.88. The number of hydrogen-bond donors (Lipinski definition) is 2. The quantitative estimate of drug-likeness (QED) is 0.521. The summed E-state index contributed by atoms with van der Waals surface area (Å²) in [5, 5.41) is 11.9. The summed E-state index contributed by atoms with van der Waals surface area (Å²) in [5.41, 5.74) is 0. The van der Waals surface area contributed by atoms with Gasteiger partial charge in [-0.15, -0.1) is 11.8 Å². The van der Waals surface area contributed by atoms with E-state index in [2.05, 4.69) is 5.32 Å². The van der Waals surface area contributed by atoms with Gasteiger partial charge < -0.3 is 15.3 Å². The first-order chi connectivity index (χ1) is 13.0. The Morgan fingerprint density at radius 3 is 2.74 bits per heavy atom. The van der Waals surface area contributed by atoms with Gasteiger partial charge in [-0.3, -0.25) is 9.69 Å². The van der Waals surface area contributed by atoms with Gasteiger partial charge >= 0.3 is 12.0 Å². The van der Waals surface area contributed by atoms with Gasteiger partial charge in [0.1, 0.15) is 5.82 Å². The van der Waals surface area contributed by atoms with Crippen molar-refractivity contribution in [2.75, 3.05) is 39.0 Å². The van der Waals surface area contributed by atoms with Gasteiger partial charge in [-0.25, -0.2) is 9.18 Å². The summed E-state index contributed by atoms with van der Waals surface area (Å²) in [6.45, 7) is 1.98. The molecule has 1 unspecified atom stereocenters. The number of nitrogens with zero attached hydrogens (tertiary/aromatic N) is 2. The first-order valence-electron chi connectivity index (χ1n) is 9.29. The summed E-state index contributed by atoms with van der Waals surface area (Å²) in [5.74, 6) is -0.205. The maximum absolute atomic E-state index is 12.9. The largest absolute Gasteiger partial charge is 0.480 e. The van der Waals surface area contributed by atoms with Gasteiger partial charge in [-0.1, -0.05) is 0 Å². The van der Waals surface area contributed by atoms with Gasteiger partial charge in [-0.05, 0) is 62.7 Å². The molecule has 2 rings (SSSR count). The summed E-state index contributed by atoms with van der Waals surface area (Å²) in [7, 11) is 1.83. The van der Waals surface area contributed by atoms with Crippen molar-refractivity contribution in [3.05, 3.63) is 30.1 Å². The van der Waals surface area contributed by atoms with Crippen LogP contribution in [0.1, 0.15) is 25.7 Å². The number of carboxylic acid groups (broad SMARTS) is 1. The molecule has 8 heteroatoms. The molecule has 1 saturated heterocycles. The molecule has 1 fully saturated rings. The van der Waals surface area contributed by atoms with Crippen LogP contribution in [0, 0.1) is 5.82 Å². The molecule has 0 aliphatic carbocycles. The van der Waals surface area contributed by atoms with Crippen LogP contribution in [0.25, 0.3) is 0 Å². The molecule has 1 aliphatic heterocycles. The molecular weight excluding hydrogens is 369 g/mol. The van der Waals surface area contributed by atoms with Crippen LogP contribution in [-0.2, 0) is 4.79 Å². The maximum Gasteiger partial charge on any atom is 0.317 e. The maximum atomic E-state index is 12.9. The number of hydrogen-bond acceptors (Lipinski definition) is 4. The Morgan fingerprint density at radius 1 is 1.30 bits per heavy atom. The fourth-order valence-corrected chi connectivity index (χ4v) is 4.02. The highest BCUT2D eigenvalue weighted by Gasteiger charge is 2.23. The molecule has 6 nitrogen and oxygen atoms in total.